The number of hydrogen-bond acceptors (Lipinski definition) is 2. The van der Waals surface area contributed by atoms with Crippen molar-refractivity contribution >= 4 is 15.9 Å². The maximum Gasteiger partial charge on any atom is 0.0738 e. The lowest BCUT2D eigenvalue weighted by Crippen LogP contribution is -2.05. The molecule has 0 aliphatic heterocycles. The Morgan fingerprint density at radius 1 is 1.38 bits per heavy atom. The van der Waals surface area contributed by atoms with Crippen molar-refractivity contribution in [2.24, 2.45) is 0 Å². The van der Waals surface area contributed by atoms with Crippen molar-refractivity contribution in [3.05, 3.63) is 46.0 Å². The highest BCUT2D eigenvalue weighted by atomic mass is 79.9. The molecule has 0 bridgehead atoms. The molecule has 2 heterocycles. The van der Waals surface area contributed by atoms with Gasteiger partial charge in [0.05, 0.1) is 10.2 Å². The van der Waals surface area contributed by atoms with Gasteiger partial charge >= 0.3 is 0 Å². The number of hydrogen-bond donors (Lipinski definition) is 0. The fourth-order valence-electron chi connectivity index (χ4n) is 1.67. The highest BCUT2D eigenvalue weighted by molar-refractivity contribution is 9.10. The largest absolute Gasteiger partial charge is 0.268 e. The lowest BCUT2D eigenvalue weighted by molar-refractivity contribution is 0.593. The molecule has 2 rings (SSSR count). The van der Waals surface area contributed by atoms with E-state index in [2.05, 4.69) is 39.0 Å². The van der Waals surface area contributed by atoms with Gasteiger partial charge in [-0.3, -0.25) is 9.67 Å². The van der Waals surface area contributed by atoms with E-state index >= 15 is 0 Å². The van der Waals surface area contributed by atoms with Gasteiger partial charge in [-0.15, -0.1) is 0 Å². The van der Waals surface area contributed by atoms with Gasteiger partial charge < -0.3 is 0 Å². The van der Waals surface area contributed by atoms with Crippen LogP contribution in [0.3, 0.4) is 0 Å². The Balaban J connectivity index is 2.08. The highest BCUT2D eigenvalue weighted by Gasteiger charge is 2.07. The molecule has 0 aromatic carbocycles. The van der Waals surface area contributed by atoms with E-state index in [4.69, 9.17) is 0 Å². The van der Waals surface area contributed by atoms with Gasteiger partial charge in [0.1, 0.15) is 0 Å². The summed E-state index contributed by atoms with van der Waals surface area (Å²) in [5, 5.41) is 4.47. The Labute approximate surface area is 104 Å². The van der Waals surface area contributed by atoms with E-state index in [1.807, 2.05) is 23.9 Å². The van der Waals surface area contributed by atoms with Crippen LogP contribution < -0.4 is 0 Å². The number of rotatable bonds is 3. The second-order valence-corrected chi connectivity index (χ2v) is 4.61. The lowest BCUT2D eigenvalue weighted by Gasteiger charge is -2.04. The standard InChI is InChI=1S/C12H14BrN3/c1-9-12(13)10(2)16(15-9)7-5-11-4-3-6-14-8-11/h3-4,6,8H,5,7H2,1-2H3. The summed E-state index contributed by atoms with van der Waals surface area (Å²) in [5.41, 5.74) is 3.47. The maximum absolute atomic E-state index is 4.47. The molecular formula is C12H14BrN3. The van der Waals surface area contributed by atoms with E-state index in [0.29, 0.717) is 0 Å². The van der Waals surface area contributed by atoms with Crippen LogP contribution in [0.2, 0.25) is 0 Å². The average molecular weight is 280 g/mol. The first-order valence-electron chi connectivity index (χ1n) is 5.27. The van der Waals surface area contributed by atoms with E-state index in [1.165, 1.54) is 11.3 Å². The molecule has 2 aromatic heterocycles. The van der Waals surface area contributed by atoms with E-state index in [-0.39, 0.29) is 0 Å². The van der Waals surface area contributed by atoms with Crippen molar-refractivity contribution in [2.75, 3.05) is 0 Å². The molecule has 0 spiro atoms. The summed E-state index contributed by atoms with van der Waals surface area (Å²) in [6.07, 6.45) is 4.66. The zero-order chi connectivity index (χ0) is 11.5. The topological polar surface area (TPSA) is 30.7 Å². The van der Waals surface area contributed by atoms with Crippen molar-refractivity contribution in [3.8, 4) is 0 Å². The second-order valence-electron chi connectivity index (χ2n) is 3.82. The molecule has 0 N–H and O–H groups in total. The summed E-state index contributed by atoms with van der Waals surface area (Å²) in [5.74, 6) is 0. The first-order valence-corrected chi connectivity index (χ1v) is 6.06. The second kappa shape index (κ2) is 4.78. The first-order chi connectivity index (χ1) is 7.68. The molecule has 0 aliphatic carbocycles. The quantitative estimate of drug-likeness (QED) is 0.865. The summed E-state index contributed by atoms with van der Waals surface area (Å²) in [4.78, 5) is 4.10. The third-order valence-electron chi connectivity index (χ3n) is 2.63. The van der Waals surface area contributed by atoms with Crippen molar-refractivity contribution in [1.29, 1.82) is 0 Å². The van der Waals surface area contributed by atoms with Gasteiger partial charge in [0.15, 0.2) is 0 Å². The zero-order valence-electron chi connectivity index (χ0n) is 9.44. The summed E-state index contributed by atoms with van der Waals surface area (Å²) in [7, 11) is 0. The smallest absolute Gasteiger partial charge is 0.0738 e. The van der Waals surface area contributed by atoms with Crippen molar-refractivity contribution in [1.82, 2.24) is 14.8 Å². The van der Waals surface area contributed by atoms with E-state index in [0.717, 1.165) is 23.1 Å². The van der Waals surface area contributed by atoms with Gasteiger partial charge in [-0.2, -0.15) is 5.10 Å². The Kier molecular flexibility index (Phi) is 3.39. The summed E-state index contributed by atoms with van der Waals surface area (Å²) in [6.45, 7) is 4.98. The molecular weight excluding hydrogens is 266 g/mol. The van der Waals surface area contributed by atoms with Gasteiger partial charge in [0, 0.05) is 24.6 Å². The average Bonchev–Trinajstić information content (AvgIpc) is 2.56. The molecule has 0 fully saturated rings. The fourth-order valence-corrected chi connectivity index (χ4v) is 1.96. The molecule has 0 radical (unpaired) electrons. The van der Waals surface area contributed by atoms with E-state index in [9.17, 15) is 0 Å². The first kappa shape index (κ1) is 11.3. The Morgan fingerprint density at radius 3 is 2.75 bits per heavy atom. The van der Waals surface area contributed by atoms with Crippen LogP contribution in [0.5, 0.6) is 0 Å². The molecule has 0 unspecified atom stereocenters. The van der Waals surface area contributed by atoms with Crippen molar-refractivity contribution in [3.63, 3.8) is 0 Å². The zero-order valence-corrected chi connectivity index (χ0v) is 11.0. The van der Waals surface area contributed by atoms with Gasteiger partial charge in [0.25, 0.3) is 0 Å². The molecule has 4 heteroatoms. The van der Waals surface area contributed by atoms with E-state index in [1.54, 1.807) is 6.20 Å². The Hall–Kier alpha value is -1.16. The number of pyridine rings is 1. The molecule has 0 atom stereocenters. The van der Waals surface area contributed by atoms with Gasteiger partial charge in [-0.05, 0) is 47.8 Å². The molecule has 0 saturated heterocycles. The Bertz CT molecular complexity index is 477. The molecule has 0 aliphatic rings. The third kappa shape index (κ3) is 2.32. The summed E-state index contributed by atoms with van der Waals surface area (Å²) >= 11 is 3.53. The van der Waals surface area contributed by atoms with Crippen LogP contribution in [-0.2, 0) is 13.0 Å². The minimum absolute atomic E-state index is 0.893. The van der Waals surface area contributed by atoms with Gasteiger partial charge in [-0.1, -0.05) is 6.07 Å². The summed E-state index contributed by atoms with van der Waals surface area (Å²) in [6, 6.07) is 4.06. The summed E-state index contributed by atoms with van der Waals surface area (Å²) < 4.78 is 3.14. The predicted octanol–water partition coefficient (Wildman–Crippen LogP) is 2.90. The van der Waals surface area contributed by atoms with Crippen LogP contribution >= 0.6 is 15.9 Å². The molecule has 16 heavy (non-hydrogen) atoms. The molecule has 2 aromatic rings. The predicted molar refractivity (Wildman–Crippen MR) is 67.3 cm³/mol. The monoisotopic (exact) mass is 279 g/mol. The van der Waals surface area contributed by atoms with Crippen molar-refractivity contribution in [2.45, 2.75) is 26.8 Å². The van der Waals surface area contributed by atoms with Crippen LogP contribution in [0.25, 0.3) is 0 Å². The van der Waals surface area contributed by atoms with Crippen molar-refractivity contribution < 1.29 is 0 Å². The third-order valence-corrected chi connectivity index (χ3v) is 3.78. The lowest BCUT2D eigenvalue weighted by atomic mass is 10.2. The highest BCUT2D eigenvalue weighted by Crippen LogP contribution is 2.19. The molecule has 0 saturated carbocycles. The number of aryl methyl sites for hydroxylation is 3. The van der Waals surface area contributed by atoms with Crippen LogP contribution in [-0.4, -0.2) is 14.8 Å². The van der Waals surface area contributed by atoms with Crippen LogP contribution in [0.4, 0.5) is 0 Å². The number of aromatic nitrogens is 3. The molecule has 84 valence electrons. The van der Waals surface area contributed by atoms with E-state index < -0.39 is 0 Å². The number of halogens is 1. The minimum atomic E-state index is 0.893. The van der Waals surface area contributed by atoms with Crippen LogP contribution in [0.15, 0.2) is 29.0 Å². The number of nitrogens with zero attached hydrogens (tertiary/aromatic N) is 3. The maximum atomic E-state index is 4.47. The molecule has 3 nitrogen and oxygen atoms in total. The van der Waals surface area contributed by atoms with Crippen LogP contribution in [0.1, 0.15) is 17.0 Å². The fraction of sp³-hybridized carbons (Fsp3) is 0.333. The Morgan fingerprint density at radius 2 is 2.19 bits per heavy atom. The SMILES string of the molecule is Cc1nn(CCc2cccnc2)c(C)c1Br. The normalized spacial score (nSPS) is 10.7. The molecule has 0 amide bonds. The van der Waals surface area contributed by atoms with Crippen LogP contribution in [0, 0.1) is 13.8 Å². The minimum Gasteiger partial charge on any atom is -0.268 e. The van der Waals surface area contributed by atoms with Gasteiger partial charge in [0.2, 0.25) is 0 Å². The van der Waals surface area contributed by atoms with Gasteiger partial charge in [-0.25, -0.2) is 0 Å².